The molecule has 3 aliphatic rings. The summed E-state index contributed by atoms with van der Waals surface area (Å²) in [7, 11) is 0. The molecule has 0 unspecified atom stereocenters. The minimum Gasteiger partial charge on any atom is -0.341 e. The van der Waals surface area contributed by atoms with E-state index in [1.165, 1.54) is 67.1 Å². The second-order valence-corrected chi connectivity index (χ2v) is 7.88. The van der Waals surface area contributed by atoms with Crippen molar-refractivity contribution in [2.75, 3.05) is 6.54 Å². The van der Waals surface area contributed by atoms with E-state index < -0.39 is 0 Å². The molecule has 1 aromatic heterocycles. The number of nitrogens with zero attached hydrogens (tertiary/aromatic N) is 2. The van der Waals surface area contributed by atoms with Crippen LogP contribution in [-0.4, -0.2) is 22.4 Å². The summed E-state index contributed by atoms with van der Waals surface area (Å²) in [6.45, 7) is 1.80. The lowest BCUT2D eigenvalue weighted by Crippen LogP contribution is -2.38. The lowest BCUT2D eigenvalue weighted by atomic mass is 9.83. The van der Waals surface area contributed by atoms with Crippen molar-refractivity contribution in [1.29, 1.82) is 0 Å². The fourth-order valence-electron chi connectivity index (χ4n) is 5.47. The van der Waals surface area contributed by atoms with Gasteiger partial charge in [-0.25, -0.2) is 0 Å². The molecule has 2 aromatic rings. The molecule has 24 heavy (non-hydrogen) atoms. The van der Waals surface area contributed by atoms with Crippen molar-refractivity contribution in [2.45, 2.75) is 69.9 Å². The first kappa shape index (κ1) is 14.6. The van der Waals surface area contributed by atoms with Crippen LogP contribution in [0.15, 0.2) is 18.2 Å². The number of amides is 1. The topological polar surface area (TPSA) is 25.2 Å². The smallest absolute Gasteiger partial charge is 0.210 e. The summed E-state index contributed by atoms with van der Waals surface area (Å²) in [6.07, 6.45) is 11.5. The molecule has 2 aliphatic carbocycles. The van der Waals surface area contributed by atoms with Crippen LogP contribution in [0.1, 0.15) is 73.7 Å². The summed E-state index contributed by atoms with van der Waals surface area (Å²) in [5.41, 5.74) is 5.92. The number of hydrogen-bond donors (Lipinski definition) is 0. The molecular formula is C21H26N2O. The van der Waals surface area contributed by atoms with Crippen molar-refractivity contribution < 1.29 is 4.79 Å². The van der Waals surface area contributed by atoms with E-state index in [9.17, 15) is 4.79 Å². The van der Waals surface area contributed by atoms with Gasteiger partial charge in [0.25, 0.3) is 0 Å². The molecule has 2 heterocycles. The standard InChI is InChI=1S/C21H26N2O/c24-14-22-11-12-23-19-10-9-16(15-5-2-1-3-6-15)13-18(19)17-7-4-8-20(22)21(17)23/h9-10,13-15,20H,1-8,11-12H2/t20-/m1/s1. The average molecular weight is 322 g/mol. The highest BCUT2D eigenvalue weighted by atomic mass is 16.1. The molecule has 0 N–H and O–H groups in total. The Hall–Kier alpha value is -1.77. The van der Waals surface area contributed by atoms with Crippen LogP contribution in [0.4, 0.5) is 0 Å². The van der Waals surface area contributed by atoms with Gasteiger partial charge in [-0.3, -0.25) is 4.79 Å². The van der Waals surface area contributed by atoms with Crippen LogP contribution in [0, 0.1) is 0 Å². The number of rotatable bonds is 2. The Balaban J connectivity index is 1.65. The minimum absolute atomic E-state index is 0.311. The maximum Gasteiger partial charge on any atom is 0.210 e. The molecule has 1 fully saturated rings. The van der Waals surface area contributed by atoms with Gasteiger partial charge in [0.1, 0.15) is 0 Å². The minimum atomic E-state index is 0.311. The predicted molar refractivity (Wildman–Crippen MR) is 96.2 cm³/mol. The Bertz CT molecular complexity index is 785. The van der Waals surface area contributed by atoms with Gasteiger partial charge < -0.3 is 9.47 Å². The van der Waals surface area contributed by atoms with Crippen LogP contribution in [0.3, 0.4) is 0 Å². The first-order valence-electron chi connectivity index (χ1n) is 9.73. The first-order valence-corrected chi connectivity index (χ1v) is 9.73. The SMILES string of the molecule is O=CN1CCn2c3c(c4cc(C5CCCCC5)ccc42)CCC[C@H]31. The highest BCUT2D eigenvalue weighted by molar-refractivity contribution is 5.87. The van der Waals surface area contributed by atoms with E-state index in [1.54, 1.807) is 5.56 Å². The van der Waals surface area contributed by atoms with Crippen LogP contribution in [0.25, 0.3) is 10.9 Å². The Morgan fingerprint density at radius 1 is 1.00 bits per heavy atom. The molecule has 3 heteroatoms. The van der Waals surface area contributed by atoms with Crippen molar-refractivity contribution in [1.82, 2.24) is 9.47 Å². The number of carbonyl (C=O) groups excluding carboxylic acids is 1. The summed E-state index contributed by atoms with van der Waals surface area (Å²) in [5.74, 6) is 0.762. The van der Waals surface area contributed by atoms with Crippen LogP contribution in [0.2, 0.25) is 0 Å². The Labute approximate surface area is 143 Å². The van der Waals surface area contributed by atoms with Crippen molar-refractivity contribution in [3.8, 4) is 0 Å². The summed E-state index contributed by atoms with van der Waals surface area (Å²) < 4.78 is 2.51. The zero-order valence-corrected chi connectivity index (χ0v) is 14.3. The second-order valence-electron chi connectivity index (χ2n) is 7.88. The van der Waals surface area contributed by atoms with Crippen LogP contribution < -0.4 is 0 Å². The largest absolute Gasteiger partial charge is 0.341 e. The van der Waals surface area contributed by atoms with E-state index in [-0.39, 0.29) is 0 Å². The molecule has 126 valence electrons. The number of aromatic nitrogens is 1. The number of hydrogen-bond acceptors (Lipinski definition) is 1. The normalized spacial score (nSPS) is 24.2. The highest BCUT2D eigenvalue weighted by Gasteiger charge is 2.34. The van der Waals surface area contributed by atoms with Crippen molar-refractivity contribution in [3.63, 3.8) is 0 Å². The molecule has 0 saturated heterocycles. The maximum absolute atomic E-state index is 11.5. The van der Waals surface area contributed by atoms with Gasteiger partial charge in [-0.15, -0.1) is 0 Å². The van der Waals surface area contributed by atoms with Gasteiger partial charge in [0, 0.05) is 29.7 Å². The van der Waals surface area contributed by atoms with Crippen molar-refractivity contribution in [2.24, 2.45) is 0 Å². The van der Waals surface area contributed by atoms with Crippen molar-refractivity contribution in [3.05, 3.63) is 35.0 Å². The lowest BCUT2D eigenvalue weighted by molar-refractivity contribution is -0.121. The number of benzene rings is 1. The molecule has 0 radical (unpaired) electrons. The van der Waals surface area contributed by atoms with Crippen LogP contribution in [-0.2, 0) is 17.8 Å². The zero-order valence-electron chi connectivity index (χ0n) is 14.3. The van der Waals surface area contributed by atoms with Gasteiger partial charge in [0.2, 0.25) is 6.41 Å². The third-order valence-corrected chi connectivity index (χ3v) is 6.65. The number of carbonyl (C=O) groups is 1. The number of fused-ring (bicyclic) bond motifs is 3. The zero-order chi connectivity index (χ0) is 16.1. The van der Waals surface area contributed by atoms with E-state index >= 15 is 0 Å². The van der Waals surface area contributed by atoms with Gasteiger partial charge >= 0.3 is 0 Å². The van der Waals surface area contributed by atoms with E-state index in [4.69, 9.17) is 0 Å². The Kier molecular flexibility index (Phi) is 3.43. The monoisotopic (exact) mass is 322 g/mol. The summed E-state index contributed by atoms with van der Waals surface area (Å²) in [6, 6.07) is 7.56. The average Bonchev–Trinajstić information content (AvgIpc) is 2.98. The lowest BCUT2D eigenvalue weighted by Gasteiger charge is -2.37. The Morgan fingerprint density at radius 2 is 1.88 bits per heavy atom. The quantitative estimate of drug-likeness (QED) is 0.745. The summed E-state index contributed by atoms with van der Waals surface area (Å²) >= 11 is 0. The molecule has 1 aromatic carbocycles. The fraction of sp³-hybridized carbons (Fsp3) is 0.571. The molecule has 0 spiro atoms. The molecule has 1 atom stereocenters. The van der Waals surface area contributed by atoms with Gasteiger partial charge in [-0.1, -0.05) is 25.3 Å². The predicted octanol–water partition coefficient (Wildman–Crippen LogP) is 4.54. The van der Waals surface area contributed by atoms with E-state index in [0.717, 1.165) is 31.8 Å². The molecule has 1 saturated carbocycles. The van der Waals surface area contributed by atoms with E-state index in [1.807, 2.05) is 4.90 Å². The third-order valence-electron chi connectivity index (χ3n) is 6.65. The van der Waals surface area contributed by atoms with Gasteiger partial charge in [0.05, 0.1) is 6.04 Å². The van der Waals surface area contributed by atoms with E-state index in [0.29, 0.717) is 6.04 Å². The highest BCUT2D eigenvalue weighted by Crippen LogP contribution is 2.43. The maximum atomic E-state index is 11.5. The summed E-state index contributed by atoms with van der Waals surface area (Å²) in [5, 5.41) is 1.48. The first-order chi connectivity index (χ1) is 11.9. The fourth-order valence-corrected chi connectivity index (χ4v) is 5.47. The van der Waals surface area contributed by atoms with Crippen LogP contribution in [0.5, 0.6) is 0 Å². The molecule has 0 bridgehead atoms. The molecular weight excluding hydrogens is 296 g/mol. The molecule has 3 nitrogen and oxygen atoms in total. The molecule has 5 rings (SSSR count). The van der Waals surface area contributed by atoms with Crippen LogP contribution >= 0.6 is 0 Å². The van der Waals surface area contributed by atoms with Gasteiger partial charge in [-0.2, -0.15) is 0 Å². The van der Waals surface area contributed by atoms with Gasteiger partial charge in [-0.05, 0) is 61.3 Å². The third kappa shape index (κ3) is 2.06. The van der Waals surface area contributed by atoms with Crippen molar-refractivity contribution >= 4 is 17.3 Å². The van der Waals surface area contributed by atoms with E-state index in [2.05, 4.69) is 22.8 Å². The molecule has 1 aliphatic heterocycles. The summed E-state index contributed by atoms with van der Waals surface area (Å²) in [4.78, 5) is 13.5. The second kappa shape index (κ2) is 5.65. The number of aryl methyl sites for hydroxylation is 1. The van der Waals surface area contributed by atoms with Gasteiger partial charge in [0.15, 0.2) is 0 Å². The molecule has 1 amide bonds. The Morgan fingerprint density at radius 3 is 2.71 bits per heavy atom.